The van der Waals surface area contributed by atoms with Gasteiger partial charge in [-0.2, -0.15) is 0 Å². The minimum Gasteiger partial charge on any atom is -0.450 e. The fraction of sp³-hybridized carbons (Fsp3) is 0.261. The second-order valence-corrected chi connectivity index (χ2v) is 7.57. The molecule has 7 nitrogen and oxygen atoms in total. The Kier molecular flexibility index (Phi) is 5.63. The summed E-state index contributed by atoms with van der Waals surface area (Å²) in [6.45, 7) is 1.28. The number of benzene rings is 1. The molecule has 0 aliphatic heterocycles. The van der Waals surface area contributed by atoms with Crippen LogP contribution in [-0.4, -0.2) is 53.9 Å². The van der Waals surface area contributed by atoms with E-state index in [9.17, 15) is 10.0 Å². The van der Waals surface area contributed by atoms with Crippen LogP contribution in [0.1, 0.15) is 28.1 Å². The van der Waals surface area contributed by atoms with Gasteiger partial charge >= 0.3 is 0 Å². The molecular weight excluding hydrogens is 380 g/mol. The number of aromatic nitrogens is 1. The lowest BCUT2D eigenvalue weighted by molar-refractivity contribution is 0.0924. The van der Waals surface area contributed by atoms with Gasteiger partial charge in [0.15, 0.2) is 5.76 Å². The summed E-state index contributed by atoms with van der Waals surface area (Å²) in [4.78, 5) is 18.7. The summed E-state index contributed by atoms with van der Waals surface area (Å²) < 4.78 is 6.06. The van der Waals surface area contributed by atoms with Gasteiger partial charge in [-0.3, -0.25) is 9.78 Å². The Morgan fingerprint density at radius 2 is 1.93 bits per heavy atom. The van der Waals surface area contributed by atoms with E-state index < -0.39 is 0 Å². The zero-order valence-electron chi connectivity index (χ0n) is 17.1. The zero-order chi connectivity index (χ0) is 21.1. The number of oxime groups is 1. The van der Waals surface area contributed by atoms with E-state index in [4.69, 9.17) is 4.42 Å². The molecule has 3 aromatic rings. The SMILES string of the molecule is CN(C)CCNC(=O)c1cc(-c2ccncc2)c(-c2ccc3c(c2)CCC3=NO)o1. The zero-order valence-corrected chi connectivity index (χ0v) is 17.1. The average Bonchev–Trinajstić information content (AvgIpc) is 3.38. The smallest absolute Gasteiger partial charge is 0.287 e. The Morgan fingerprint density at radius 1 is 1.13 bits per heavy atom. The number of nitrogens with zero attached hydrogens (tertiary/aromatic N) is 3. The number of hydrogen-bond donors (Lipinski definition) is 2. The molecule has 1 aliphatic carbocycles. The Bertz CT molecular complexity index is 1090. The van der Waals surface area contributed by atoms with Crippen molar-refractivity contribution in [2.45, 2.75) is 12.8 Å². The molecule has 30 heavy (non-hydrogen) atoms. The van der Waals surface area contributed by atoms with Crippen molar-refractivity contribution in [3.63, 3.8) is 0 Å². The Morgan fingerprint density at radius 3 is 2.67 bits per heavy atom. The van der Waals surface area contributed by atoms with Crippen LogP contribution in [0.2, 0.25) is 0 Å². The van der Waals surface area contributed by atoms with Gasteiger partial charge in [0.05, 0.1) is 5.71 Å². The number of likely N-dealkylation sites (N-methyl/N-ethyl adjacent to an activating group) is 1. The molecule has 154 valence electrons. The third kappa shape index (κ3) is 3.97. The van der Waals surface area contributed by atoms with Crippen molar-refractivity contribution in [1.29, 1.82) is 0 Å². The minimum atomic E-state index is -0.241. The van der Waals surface area contributed by atoms with Gasteiger partial charge in [0.25, 0.3) is 5.91 Å². The number of carbonyl (C=O) groups excluding carboxylic acids is 1. The first-order valence-corrected chi connectivity index (χ1v) is 9.88. The standard InChI is InChI=1S/C23H24N4O3/c1-27(2)12-11-25-23(28)21-14-19(15-7-9-24-10-8-15)22(30-21)17-3-5-18-16(13-17)4-6-20(18)26-29/h3,5,7-10,13-14,29H,4,6,11-12H2,1-2H3,(H,25,28). The summed E-state index contributed by atoms with van der Waals surface area (Å²) in [6, 6.07) is 11.5. The van der Waals surface area contributed by atoms with Gasteiger partial charge in [-0.1, -0.05) is 17.3 Å². The summed E-state index contributed by atoms with van der Waals surface area (Å²) in [7, 11) is 3.92. The highest BCUT2D eigenvalue weighted by Gasteiger charge is 2.23. The number of nitrogens with one attached hydrogen (secondary N) is 1. The van der Waals surface area contributed by atoms with E-state index in [2.05, 4.69) is 15.5 Å². The van der Waals surface area contributed by atoms with E-state index in [1.165, 1.54) is 0 Å². The maximum atomic E-state index is 12.6. The molecule has 1 aromatic carbocycles. The number of furan rings is 1. The lowest BCUT2D eigenvalue weighted by Crippen LogP contribution is -2.31. The molecule has 2 aromatic heterocycles. The number of fused-ring (bicyclic) bond motifs is 1. The maximum absolute atomic E-state index is 12.6. The van der Waals surface area contributed by atoms with E-state index in [-0.39, 0.29) is 11.7 Å². The van der Waals surface area contributed by atoms with E-state index >= 15 is 0 Å². The van der Waals surface area contributed by atoms with E-state index in [1.807, 2.05) is 49.3 Å². The van der Waals surface area contributed by atoms with E-state index in [1.54, 1.807) is 18.5 Å². The number of pyridine rings is 1. The van der Waals surface area contributed by atoms with Gasteiger partial charge in [0.2, 0.25) is 0 Å². The van der Waals surface area contributed by atoms with Crippen molar-refractivity contribution >= 4 is 11.6 Å². The van der Waals surface area contributed by atoms with Crippen molar-refractivity contribution in [2.24, 2.45) is 5.16 Å². The minimum absolute atomic E-state index is 0.241. The van der Waals surface area contributed by atoms with Crippen LogP contribution in [0.15, 0.2) is 58.4 Å². The number of carbonyl (C=O) groups is 1. The van der Waals surface area contributed by atoms with Gasteiger partial charge < -0.3 is 19.8 Å². The lowest BCUT2D eigenvalue weighted by Gasteiger charge is -2.09. The topological polar surface area (TPSA) is 91.0 Å². The summed E-state index contributed by atoms with van der Waals surface area (Å²) in [5, 5.41) is 15.5. The molecule has 0 radical (unpaired) electrons. The predicted octanol–water partition coefficient (Wildman–Crippen LogP) is 3.42. The fourth-order valence-electron chi connectivity index (χ4n) is 3.66. The van der Waals surface area contributed by atoms with Gasteiger partial charge in [-0.05, 0) is 62.3 Å². The lowest BCUT2D eigenvalue weighted by atomic mass is 9.99. The highest BCUT2D eigenvalue weighted by Crippen LogP contribution is 2.37. The third-order valence-corrected chi connectivity index (χ3v) is 5.22. The van der Waals surface area contributed by atoms with Crippen LogP contribution in [0.3, 0.4) is 0 Å². The molecule has 0 saturated carbocycles. The molecule has 0 atom stereocenters. The van der Waals surface area contributed by atoms with Crippen molar-refractivity contribution < 1.29 is 14.4 Å². The molecule has 2 heterocycles. The largest absolute Gasteiger partial charge is 0.450 e. The molecule has 7 heteroatoms. The molecule has 0 unspecified atom stereocenters. The molecule has 0 spiro atoms. The van der Waals surface area contributed by atoms with Crippen LogP contribution in [-0.2, 0) is 6.42 Å². The highest BCUT2D eigenvalue weighted by atomic mass is 16.4. The average molecular weight is 404 g/mol. The summed E-state index contributed by atoms with van der Waals surface area (Å²) in [6.07, 6.45) is 4.96. The van der Waals surface area contributed by atoms with Crippen LogP contribution in [0, 0.1) is 0 Å². The molecule has 0 fully saturated rings. The first kappa shape index (κ1) is 19.8. The number of amides is 1. The monoisotopic (exact) mass is 404 g/mol. The molecule has 0 saturated heterocycles. The number of hydrogen-bond acceptors (Lipinski definition) is 6. The Hall–Kier alpha value is -3.45. The van der Waals surface area contributed by atoms with Crippen LogP contribution >= 0.6 is 0 Å². The Balaban J connectivity index is 1.72. The number of aryl methyl sites for hydroxylation is 1. The molecule has 1 amide bonds. The van der Waals surface area contributed by atoms with Gasteiger partial charge in [-0.15, -0.1) is 0 Å². The second kappa shape index (κ2) is 8.51. The maximum Gasteiger partial charge on any atom is 0.287 e. The van der Waals surface area contributed by atoms with E-state index in [0.717, 1.165) is 40.8 Å². The van der Waals surface area contributed by atoms with Crippen molar-refractivity contribution in [3.8, 4) is 22.5 Å². The van der Waals surface area contributed by atoms with Crippen molar-refractivity contribution in [1.82, 2.24) is 15.2 Å². The molecule has 2 N–H and O–H groups in total. The molecular formula is C23H24N4O3. The van der Waals surface area contributed by atoms with Crippen LogP contribution in [0.4, 0.5) is 0 Å². The van der Waals surface area contributed by atoms with Gasteiger partial charge in [0.1, 0.15) is 5.76 Å². The summed E-state index contributed by atoms with van der Waals surface area (Å²) in [5.41, 5.74) is 5.41. The normalized spacial score (nSPS) is 14.3. The first-order chi connectivity index (χ1) is 14.6. The Labute approximate surface area is 175 Å². The number of rotatable bonds is 6. The van der Waals surface area contributed by atoms with Crippen molar-refractivity contribution in [3.05, 3.63) is 65.7 Å². The molecule has 1 aliphatic rings. The predicted molar refractivity (Wildman–Crippen MR) is 115 cm³/mol. The fourth-order valence-corrected chi connectivity index (χ4v) is 3.66. The molecule has 4 rings (SSSR count). The van der Waals surface area contributed by atoms with Gasteiger partial charge in [0, 0.05) is 42.2 Å². The molecule has 0 bridgehead atoms. The second-order valence-electron chi connectivity index (χ2n) is 7.57. The van der Waals surface area contributed by atoms with E-state index in [0.29, 0.717) is 24.4 Å². The quantitative estimate of drug-likeness (QED) is 0.485. The van der Waals surface area contributed by atoms with Crippen molar-refractivity contribution in [2.75, 3.05) is 27.2 Å². The summed E-state index contributed by atoms with van der Waals surface area (Å²) in [5.74, 6) is 0.666. The first-order valence-electron chi connectivity index (χ1n) is 9.88. The van der Waals surface area contributed by atoms with Gasteiger partial charge in [-0.25, -0.2) is 0 Å². The highest BCUT2D eigenvalue weighted by molar-refractivity contribution is 6.04. The van der Waals surface area contributed by atoms with Crippen LogP contribution in [0.25, 0.3) is 22.5 Å². The third-order valence-electron chi connectivity index (χ3n) is 5.22. The van der Waals surface area contributed by atoms with Crippen LogP contribution in [0.5, 0.6) is 0 Å². The summed E-state index contributed by atoms with van der Waals surface area (Å²) >= 11 is 0. The van der Waals surface area contributed by atoms with Crippen LogP contribution < -0.4 is 5.32 Å².